The van der Waals surface area contributed by atoms with Gasteiger partial charge in [0.05, 0.1) is 12.3 Å². The van der Waals surface area contributed by atoms with Crippen LogP contribution in [0.2, 0.25) is 0 Å². The summed E-state index contributed by atoms with van der Waals surface area (Å²) in [6.45, 7) is 5.39. The second-order valence-corrected chi connectivity index (χ2v) is 2.80. The highest BCUT2D eigenvalue weighted by atomic mass is 16.5. The first-order chi connectivity index (χ1) is 6.27. The van der Waals surface area contributed by atoms with E-state index >= 15 is 0 Å². The van der Waals surface area contributed by atoms with Gasteiger partial charge in [0, 0.05) is 19.2 Å². The van der Waals surface area contributed by atoms with Crippen molar-refractivity contribution >= 4 is 5.82 Å². The van der Waals surface area contributed by atoms with Crippen LogP contribution >= 0.6 is 0 Å². The molecule has 72 valence electrons. The predicted molar refractivity (Wildman–Crippen MR) is 51.6 cm³/mol. The Hall–Kier alpha value is -1.16. The smallest absolute Gasteiger partial charge is 0.149 e. The molecule has 0 saturated carbocycles. The van der Waals surface area contributed by atoms with Crippen molar-refractivity contribution in [3.8, 4) is 0 Å². The zero-order chi connectivity index (χ0) is 9.68. The van der Waals surface area contributed by atoms with Gasteiger partial charge in [-0.3, -0.25) is 0 Å². The van der Waals surface area contributed by atoms with Gasteiger partial charge in [0.25, 0.3) is 0 Å². The molecule has 0 fully saturated rings. The molecule has 0 aliphatic carbocycles. The maximum Gasteiger partial charge on any atom is 0.149 e. The van der Waals surface area contributed by atoms with E-state index in [2.05, 4.69) is 15.5 Å². The quantitative estimate of drug-likeness (QED) is 0.762. The van der Waals surface area contributed by atoms with Crippen LogP contribution in [0.1, 0.15) is 18.2 Å². The summed E-state index contributed by atoms with van der Waals surface area (Å²) in [4.78, 5) is 0. The van der Waals surface area contributed by atoms with Gasteiger partial charge in [0.2, 0.25) is 0 Å². The number of aryl methyl sites for hydroxylation is 1. The molecule has 1 N–H and O–H groups in total. The fourth-order valence-electron chi connectivity index (χ4n) is 1.06. The third kappa shape index (κ3) is 2.66. The molecule has 0 spiro atoms. The molecule has 1 aromatic rings. The van der Waals surface area contributed by atoms with Crippen LogP contribution in [0.3, 0.4) is 0 Å². The minimum absolute atomic E-state index is 0.583. The zero-order valence-corrected chi connectivity index (χ0v) is 8.29. The van der Waals surface area contributed by atoms with Gasteiger partial charge in [-0.25, -0.2) is 0 Å². The van der Waals surface area contributed by atoms with Gasteiger partial charge in [-0.2, -0.15) is 5.10 Å². The summed E-state index contributed by atoms with van der Waals surface area (Å²) >= 11 is 0. The summed E-state index contributed by atoms with van der Waals surface area (Å²) in [5.74, 6) is 0.806. The molecule has 0 saturated heterocycles. The van der Waals surface area contributed by atoms with E-state index in [1.54, 1.807) is 7.11 Å². The number of nitrogens with zero attached hydrogens (tertiary/aromatic N) is 2. The highest BCUT2D eigenvalue weighted by Crippen LogP contribution is 2.09. The normalized spacial score (nSPS) is 10.1. The van der Waals surface area contributed by atoms with Crippen molar-refractivity contribution in [2.75, 3.05) is 19.0 Å². The summed E-state index contributed by atoms with van der Waals surface area (Å²) in [6.07, 6.45) is 0. The molecule has 13 heavy (non-hydrogen) atoms. The Morgan fingerprint density at radius 2 is 2.23 bits per heavy atom. The topological polar surface area (TPSA) is 47.0 Å². The minimum atomic E-state index is 0.583. The molecular weight excluding hydrogens is 166 g/mol. The molecule has 1 aromatic heterocycles. The first kappa shape index (κ1) is 9.92. The lowest BCUT2D eigenvalue weighted by Crippen LogP contribution is -2.04. The lowest BCUT2D eigenvalue weighted by atomic mass is 10.2. The first-order valence-electron chi connectivity index (χ1n) is 4.34. The Morgan fingerprint density at radius 3 is 2.85 bits per heavy atom. The van der Waals surface area contributed by atoms with Crippen LogP contribution in [-0.4, -0.2) is 23.9 Å². The molecule has 0 amide bonds. The standard InChI is InChI=1S/C9H15N3O/c1-4-10-9-5-8(6-13-3)7(2)11-12-9/h5H,4,6H2,1-3H3,(H,10,12). The van der Waals surface area contributed by atoms with Crippen LogP contribution in [0.5, 0.6) is 0 Å². The number of anilines is 1. The van der Waals surface area contributed by atoms with Gasteiger partial charge in [0.15, 0.2) is 0 Å². The average molecular weight is 181 g/mol. The molecule has 0 radical (unpaired) electrons. The van der Waals surface area contributed by atoms with Crippen molar-refractivity contribution < 1.29 is 4.74 Å². The molecule has 0 aliphatic rings. The van der Waals surface area contributed by atoms with Gasteiger partial charge >= 0.3 is 0 Å². The third-order valence-electron chi connectivity index (χ3n) is 1.74. The molecule has 0 bridgehead atoms. The fraction of sp³-hybridized carbons (Fsp3) is 0.556. The van der Waals surface area contributed by atoms with Gasteiger partial charge in [-0.15, -0.1) is 5.10 Å². The van der Waals surface area contributed by atoms with Crippen molar-refractivity contribution in [2.24, 2.45) is 0 Å². The van der Waals surface area contributed by atoms with E-state index in [0.29, 0.717) is 6.61 Å². The number of ether oxygens (including phenoxy) is 1. The Balaban J connectivity index is 2.83. The molecule has 0 aromatic carbocycles. The van der Waals surface area contributed by atoms with Crippen LogP contribution in [0.15, 0.2) is 6.07 Å². The van der Waals surface area contributed by atoms with E-state index in [0.717, 1.165) is 23.6 Å². The Morgan fingerprint density at radius 1 is 1.46 bits per heavy atom. The van der Waals surface area contributed by atoms with E-state index in [-0.39, 0.29) is 0 Å². The van der Waals surface area contributed by atoms with E-state index < -0.39 is 0 Å². The minimum Gasteiger partial charge on any atom is -0.380 e. The predicted octanol–water partition coefficient (Wildman–Crippen LogP) is 1.36. The Labute approximate surface area is 78.3 Å². The van der Waals surface area contributed by atoms with Gasteiger partial charge in [-0.05, 0) is 19.9 Å². The van der Waals surface area contributed by atoms with Crippen molar-refractivity contribution in [3.63, 3.8) is 0 Å². The van der Waals surface area contributed by atoms with Crippen molar-refractivity contribution in [3.05, 3.63) is 17.3 Å². The number of methoxy groups -OCH3 is 1. The molecular formula is C9H15N3O. The molecule has 0 aliphatic heterocycles. The van der Waals surface area contributed by atoms with Crippen LogP contribution < -0.4 is 5.32 Å². The largest absolute Gasteiger partial charge is 0.380 e. The Bertz CT molecular complexity index is 276. The number of hydrogen-bond acceptors (Lipinski definition) is 4. The molecule has 4 heteroatoms. The summed E-state index contributed by atoms with van der Waals surface area (Å²) in [5, 5.41) is 11.1. The maximum absolute atomic E-state index is 5.05. The fourth-order valence-corrected chi connectivity index (χ4v) is 1.06. The van der Waals surface area contributed by atoms with Crippen LogP contribution in [0, 0.1) is 6.92 Å². The summed E-state index contributed by atoms with van der Waals surface area (Å²) < 4.78 is 5.05. The summed E-state index contributed by atoms with van der Waals surface area (Å²) in [7, 11) is 1.67. The van der Waals surface area contributed by atoms with E-state index in [1.165, 1.54) is 0 Å². The maximum atomic E-state index is 5.05. The summed E-state index contributed by atoms with van der Waals surface area (Å²) in [6, 6.07) is 1.97. The lowest BCUT2D eigenvalue weighted by Gasteiger charge is -2.06. The Kier molecular flexibility index (Phi) is 3.64. The molecule has 0 unspecified atom stereocenters. The summed E-state index contributed by atoms with van der Waals surface area (Å²) in [5.41, 5.74) is 2.00. The second kappa shape index (κ2) is 4.77. The van der Waals surface area contributed by atoms with Crippen LogP contribution in [0.4, 0.5) is 5.82 Å². The molecule has 1 heterocycles. The highest BCUT2D eigenvalue weighted by Gasteiger charge is 2.01. The van der Waals surface area contributed by atoms with Crippen LogP contribution in [0.25, 0.3) is 0 Å². The number of rotatable bonds is 4. The molecule has 1 rings (SSSR count). The zero-order valence-electron chi connectivity index (χ0n) is 8.29. The van der Waals surface area contributed by atoms with Crippen molar-refractivity contribution in [1.29, 1.82) is 0 Å². The lowest BCUT2D eigenvalue weighted by molar-refractivity contribution is 0.184. The highest BCUT2D eigenvalue weighted by molar-refractivity contribution is 5.37. The number of hydrogen-bond donors (Lipinski definition) is 1. The molecule has 0 atom stereocenters. The van der Waals surface area contributed by atoms with E-state index in [9.17, 15) is 0 Å². The number of aromatic nitrogens is 2. The van der Waals surface area contributed by atoms with Crippen molar-refractivity contribution in [1.82, 2.24) is 10.2 Å². The van der Waals surface area contributed by atoms with Crippen LogP contribution in [-0.2, 0) is 11.3 Å². The van der Waals surface area contributed by atoms with Gasteiger partial charge < -0.3 is 10.1 Å². The SMILES string of the molecule is CCNc1cc(COC)c(C)nn1. The van der Waals surface area contributed by atoms with E-state index in [4.69, 9.17) is 4.74 Å². The monoisotopic (exact) mass is 181 g/mol. The third-order valence-corrected chi connectivity index (χ3v) is 1.74. The van der Waals surface area contributed by atoms with Crippen molar-refractivity contribution in [2.45, 2.75) is 20.5 Å². The van der Waals surface area contributed by atoms with E-state index in [1.807, 2.05) is 19.9 Å². The van der Waals surface area contributed by atoms with Gasteiger partial charge in [-0.1, -0.05) is 0 Å². The second-order valence-electron chi connectivity index (χ2n) is 2.80. The number of nitrogens with one attached hydrogen (secondary N) is 1. The first-order valence-corrected chi connectivity index (χ1v) is 4.34. The van der Waals surface area contributed by atoms with Gasteiger partial charge in [0.1, 0.15) is 5.82 Å². The average Bonchev–Trinajstić information content (AvgIpc) is 2.12. The molecule has 4 nitrogen and oxygen atoms in total.